The number of nitrogens with one attached hydrogen (secondary N) is 1. The third-order valence-corrected chi connectivity index (χ3v) is 7.11. The van der Waals surface area contributed by atoms with Crippen molar-refractivity contribution in [3.8, 4) is 5.75 Å². The van der Waals surface area contributed by atoms with E-state index in [1.165, 1.54) is 0 Å². The molecule has 1 saturated heterocycles. The van der Waals surface area contributed by atoms with Crippen LogP contribution in [0.2, 0.25) is 0 Å². The predicted octanol–water partition coefficient (Wildman–Crippen LogP) is 3.76. The minimum absolute atomic E-state index is 0.0600. The highest BCUT2D eigenvalue weighted by atomic mass is 32.2. The average molecular weight is 420 g/mol. The minimum Gasteiger partial charge on any atom is -0.406 e. The zero-order chi connectivity index (χ0) is 20.7. The van der Waals surface area contributed by atoms with Crippen molar-refractivity contribution in [2.24, 2.45) is 11.8 Å². The molecule has 1 saturated carbocycles. The molecule has 28 heavy (non-hydrogen) atoms. The number of alkyl halides is 3. The van der Waals surface area contributed by atoms with Gasteiger partial charge in [-0.2, -0.15) is 0 Å². The molecule has 0 aromatic heterocycles. The standard InChI is InChI=1S/C19H27F3N2O3S/c1-18(2,3)24-10-8-13(9-11-24)16-12-17(16)23-28(25,26)15-6-4-14(5-7-15)27-19(20,21)22/h4-7,13,16-17,23H,8-12H2,1-3H3/t16-,17+/m0/s1. The van der Waals surface area contributed by atoms with Gasteiger partial charge in [0.05, 0.1) is 4.90 Å². The smallest absolute Gasteiger partial charge is 0.406 e. The van der Waals surface area contributed by atoms with Crippen LogP contribution in [-0.2, 0) is 10.0 Å². The first-order valence-corrected chi connectivity index (χ1v) is 11.0. The highest BCUT2D eigenvalue weighted by molar-refractivity contribution is 7.89. The average Bonchev–Trinajstić information content (AvgIpc) is 3.31. The van der Waals surface area contributed by atoms with Gasteiger partial charge in [-0.1, -0.05) is 0 Å². The van der Waals surface area contributed by atoms with Crippen molar-refractivity contribution in [2.45, 2.75) is 62.9 Å². The molecule has 1 N–H and O–H groups in total. The Labute approximate surface area is 164 Å². The maximum absolute atomic E-state index is 12.5. The van der Waals surface area contributed by atoms with Gasteiger partial charge in [-0.3, -0.25) is 4.90 Å². The van der Waals surface area contributed by atoms with Crippen LogP contribution >= 0.6 is 0 Å². The molecule has 5 nitrogen and oxygen atoms in total. The van der Waals surface area contributed by atoms with Crippen LogP contribution in [0.15, 0.2) is 29.2 Å². The number of piperidine rings is 1. The molecule has 0 spiro atoms. The van der Waals surface area contributed by atoms with E-state index in [2.05, 4.69) is 35.1 Å². The molecule has 3 rings (SSSR count). The molecule has 2 atom stereocenters. The Bertz CT molecular complexity index is 780. The van der Waals surface area contributed by atoms with E-state index in [-0.39, 0.29) is 16.5 Å². The number of rotatable bonds is 5. The van der Waals surface area contributed by atoms with Crippen molar-refractivity contribution in [3.05, 3.63) is 24.3 Å². The Morgan fingerprint density at radius 1 is 1.07 bits per heavy atom. The van der Waals surface area contributed by atoms with Gasteiger partial charge in [0, 0.05) is 11.6 Å². The van der Waals surface area contributed by atoms with Gasteiger partial charge in [-0.05, 0) is 89.2 Å². The topological polar surface area (TPSA) is 58.6 Å². The molecule has 158 valence electrons. The summed E-state index contributed by atoms with van der Waals surface area (Å²) in [7, 11) is -3.76. The van der Waals surface area contributed by atoms with Crippen LogP contribution in [-0.4, -0.2) is 44.4 Å². The summed E-state index contributed by atoms with van der Waals surface area (Å²) in [5, 5.41) is 0. The van der Waals surface area contributed by atoms with Crippen LogP contribution < -0.4 is 9.46 Å². The number of hydrogen-bond acceptors (Lipinski definition) is 4. The fraction of sp³-hybridized carbons (Fsp3) is 0.684. The van der Waals surface area contributed by atoms with E-state index in [0.29, 0.717) is 11.8 Å². The number of likely N-dealkylation sites (tertiary alicyclic amines) is 1. The van der Waals surface area contributed by atoms with Gasteiger partial charge in [-0.15, -0.1) is 13.2 Å². The van der Waals surface area contributed by atoms with Crippen LogP contribution in [0.1, 0.15) is 40.0 Å². The molecular formula is C19H27F3N2O3S. The van der Waals surface area contributed by atoms with Crippen molar-refractivity contribution in [2.75, 3.05) is 13.1 Å². The lowest BCUT2D eigenvalue weighted by molar-refractivity contribution is -0.274. The summed E-state index contributed by atoms with van der Waals surface area (Å²) in [5.74, 6) is 0.403. The summed E-state index contributed by atoms with van der Waals surface area (Å²) >= 11 is 0. The van der Waals surface area contributed by atoms with Crippen LogP contribution in [0.3, 0.4) is 0 Å². The van der Waals surface area contributed by atoms with Crippen molar-refractivity contribution in [1.29, 1.82) is 0 Å². The SMILES string of the molecule is CC(C)(C)N1CCC([C@@H]2C[C@H]2NS(=O)(=O)c2ccc(OC(F)(F)F)cc2)CC1. The molecule has 2 fully saturated rings. The van der Waals surface area contributed by atoms with Crippen molar-refractivity contribution in [3.63, 3.8) is 0 Å². The van der Waals surface area contributed by atoms with Crippen molar-refractivity contribution < 1.29 is 26.3 Å². The van der Waals surface area contributed by atoms with Gasteiger partial charge >= 0.3 is 6.36 Å². The van der Waals surface area contributed by atoms with Crippen LogP contribution in [0.25, 0.3) is 0 Å². The van der Waals surface area contributed by atoms with Gasteiger partial charge in [0.2, 0.25) is 10.0 Å². The zero-order valence-electron chi connectivity index (χ0n) is 16.3. The molecule has 1 aliphatic carbocycles. The quantitative estimate of drug-likeness (QED) is 0.788. The Kier molecular flexibility index (Phi) is 5.73. The fourth-order valence-electron chi connectivity index (χ4n) is 3.96. The Morgan fingerprint density at radius 3 is 2.14 bits per heavy atom. The van der Waals surface area contributed by atoms with Crippen molar-refractivity contribution in [1.82, 2.24) is 9.62 Å². The second-order valence-corrected chi connectivity index (χ2v) is 10.4. The Balaban J connectivity index is 1.53. The number of hydrogen-bond donors (Lipinski definition) is 1. The van der Waals surface area contributed by atoms with E-state index < -0.39 is 22.1 Å². The molecule has 0 bridgehead atoms. The lowest BCUT2D eigenvalue weighted by Gasteiger charge is -2.41. The molecule has 0 radical (unpaired) electrons. The number of sulfonamides is 1. The summed E-state index contributed by atoms with van der Waals surface area (Å²) in [6, 6.07) is 4.18. The molecule has 1 aliphatic heterocycles. The highest BCUT2D eigenvalue weighted by Gasteiger charge is 2.46. The molecule has 9 heteroatoms. The third kappa shape index (κ3) is 5.39. The molecule has 0 unspecified atom stereocenters. The number of ether oxygens (including phenoxy) is 1. The first-order chi connectivity index (χ1) is 12.9. The van der Waals surface area contributed by atoms with Crippen LogP contribution in [0.4, 0.5) is 13.2 Å². The second kappa shape index (κ2) is 7.50. The van der Waals surface area contributed by atoms with Gasteiger partial charge in [0.25, 0.3) is 0 Å². The summed E-state index contributed by atoms with van der Waals surface area (Å²) in [6.07, 6.45) is -1.87. The van der Waals surface area contributed by atoms with Crippen LogP contribution in [0.5, 0.6) is 5.75 Å². The largest absolute Gasteiger partial charge is 0.573 e. The monoisotopic (exact) mass is 420 g/mol. The van der Waals surface area contributed by atoms with E-state index in [4.69, 9.17) is 0 Å². The summed E-state index contributed by atoms with van der Waals surface area (Å²) in [5.41, 5.74) is 0.150. The van der Waals surface area contributed by atoms with Crippen LogP contribution in [0, 0.1) is 11.8 Å². The Morgan fingerprint density at radius 2 is 1.64 bits per heavy atom. The molecule has 1 heterocycles. The normalized spacial score (nSPS) is 24.9. The summed E-state index contributed by atoms with van der Waals surface area (Å²) in [4.78, 5) is 2.39. The summed E-state index contributed by atoms with van der Waals surface area (Å²) in [6.45, 7) is 8.64. The minimum atomic E-state index is -4.80. The summed E-state index contributed by atoms with van der Waals surface area (Å²) < 4.78 is 68.1. The first-order valence-electron chi connectivity index (χ1n) is 9.48. The first kappa shape index (κ1) is 21.4. The van der Waals surface area contributed by atoms with Gasteiger partial charge < -0.3 is 4.74 Å². The molecule has 1 aromatic carbocycles. The molecule has 0 amide bonds. The third-order valence-electron chi connectivity index (χ3n) is 5.61. The van der Waals surface area contributed by atoms with E-state index in [1.54, 1.807) is 0 Å². The van der Waals surface area contributed by atoms with Gasteiger partial charge in [0.1, 0.15) is 5.75 Å². The zero-order valence-corrected chi connectivity index (χ0v) is 17.1. The number of halogens is 3. The molecular weight excluding hydrogens is 393 g/mol. The van der Waals surface area contributed by atoms with E-state index in [1.807, 2.05) is 0 Å². The predicted molar refractivity (Wildman–Crippen MR) is 99.4 cm³/mol. The number of nitrogens with zero attached hydrogens (tertiary/aromatic N) is 1. The van der Waals surface area contributed by atoms with Gasteiger partial charge in [0.15, 0.2) is 0 Å². The van der Waals surface area contributed by atoms with E-state index >= 15 is 0 Å². The van der Waals surface area contributed by atoms with Gasteiger partial charge in [-0.25, -0.2) is 13.1 Å². The second-order valence-electron chi connectivity index (χ2n) is 8.64. The fourth-order valence-corrected chi connectivity index (χ4v) is 5.26. The lowest BCUT2D eigenvalue weighted by atomic mass is 9.89. The lowest BCUT2D eigenvalue weighted by Crippen LogP contribution is -2.46. The Hall–Kier alpha value is -1.32. The maximum Gasteiger partial charge on any atom is 0.573 e. The highest BCUT2D eigenvalue weighted by Crippen LogP contribution is 2.43. The molecule has 2 aliphatic rings. The molecule has 1 aromatic rings. The van der Waals surface area contributed by atoms with Crippen molar-refractivity contribution >= 4 is 10.0 Å². The van der Waals surface area contributed by atoms with E-state index in [9.17, 15) is 21.6 Å². The number of benzene rings is 1. The maximum atomic E-state index is 12.5. The van der Waals surface area contributed by atoms with E-state index in [0.717, 1.165) is 56.6 Å².